The van der Waals surface area contributed by atoms with E-state index >= 15 is 0 Å². The summed E-state index contributed by atoms with van der Waals surface area (Å²) in [5.41, 5.74) is -0.809. The Hall–Kier alpha value is -1.50. The number of allylic oxidation sites excluding steroid dienone is 1. The number of esters is 1. The molecule has 1 saturated heterocycles. The number of aliphatic hydroxyl groups is 2. The van der Waals surface area contributed by atoms with Crippen molar-refractivity contribution in [1.82, 2.24) is 0 Å². The first-order chi connectivity index (χ1) is 14.3. The van der Waals surface area contributed by atoms with Gasteiger partial charge in [-0.3, -0.25) is 4.79 Å². The van der Waals surface area contributed by atoms with Gasteiger partial charge in [0, 0.05) is 24.0 Å². The molecule has 31 heavy (non-hydrogen) atoms. The quantitative estimate of drug-likeness (QED) is 0.523. The predicted octanol–water partition coefficient (Wildman–Crippen LogP) is 3.31. The van der Waals surface area contributed by atoms with Crippen LogP contribution in [0.5, 0.6) is 0 Å². The number of fused-ring (bicyclic) bond motifs is 2. The van der Waals surface area contributed by atoms with E-state index in [2.05, 4.69) is 13.8 Å². The monoisotopic (exact) mass is 432 g/mol. The minimum Gasteiger partial charge on any atom is -0.426 e. The molecule has 0 aromatic carbocycles. The number of ketones is 1. The summed E-state index contributed by atoms with van der Waals surface area (Å²) in [6.07, 6.45) is 4.96. The molecule has 4 aliphatic rings. The zero-order chi connectivity index (χ0) is 22.9. The van der Waals surface area contributed by atoms with E-state index in [1.807, 2.05) is 26.8 Å². The van der Waals surface area contributed by atoms with Gasteiger partial charge in [0.1, 0.15) is 17.5 Å². The molecule has 4 rings (SSSR count). The highest BCUT2D eigenvalue weighted by atomic mass is 16.7. The summed E-state index contributed by atoms with van der Waals surface area (Å²) >= 11 is 0. The number of carbonyl (C=O) groups excluding carboxylic acids is 2. The topological polar surface area (TPSA) is 93.1 Å². The van der Waals surface area contributed by atoms with Gasteiger partial charge in [-0.05, 0) is 64.7 Å². The third-order valence-electron chi connectivity index (χ3n) is 8.60. The fraction of sp³-hybridized carbons (Fsp3) is 0.760. The Balaban J connectivity index is 1.71. The van der Waals surface area contributed by atoms with Crippen LogP contribution in [0.3, 0.4) is 0 Å². The highest BCUT2D eigenvalue weighted by Crippen LogP contribution is 2.61. The van der Waals surface area contributed by atoms with Gasteiger partial charge in [-0.15, -0.1) is 0 Å². The van der Waals surface area contributed by atoms with Gasteiger partial charge < -0.3 is 19.7 Å². The van der Waals surface area contributed by atoms with Crippen LogP contribution in [0.1, 0.15) is 67.2 Å². The molecular weight excluding hydrogens is 396 g/mol. The Bertz CT molecular complexity index is 856. The summed E-state index contributed by atoms with van der Waals surface area (Å²) in [6.45, 7) is 11.6. The lowest BCUT2D eigenvalue weighted by atomic mass is 9.55. The van der Waals surface area contributed by atoms with Crippen molar-refractivity contribution < 1.29 is 29.3 Å². The molecule has 172 valence electrons. The van der Waals surface area contributed by atoms with Crippen LogP contribution in [0.15, 0.2) is 23.3 Å². The molecule has 3 fully saturated rings. The fourth-order valence-corrected chi connectivity index (χ4v) is 6.89. The SMILES string of the molecule is CC(C)=C[C@H]1O[C@@](C)(CC[C@@]2(O)OC(=O)C=C2C)[C@@H]2C(=O)[C@@H]3[C@@H](CC[C@@H]3C)[C@H](C)[C@@]21O. The van der Waals surface area contributed by atoms with Crippen molar-refractivity contribution in [3.63, 3.8) is 0 Å². The number of hydrogen-bond acceptors (Lipinski definition) is 6. The molecule has 2 N–H and O–H groups in total. The molecule has 2 saturated carbocycles. The second-order valence-corrected chi connectivity index (χ2v) is 10.9. The molecule has 2 aliphatic carbocycles. The van der Waals surface area contributed by atoms with Crippen LogP contribution in [0, 0.1) is 29.6 Å². The summed E-state index contributed by atoms with van der Waals surface area (Å²) < 4.78 is 11.7. The van der Waals surface area contributed by atoms with Gasteiger partial charge in [-0.1, -0.05) is 25.5 Å². The number of carbonyl (C=O) groups is 2. The molecule has 2 aliphatic heterocycles. The number of hydrogen-bond donors (Lipinski definition) is 2. The van der Waals surface area contributed by atoms with Crippen LogP contribution in [0.2, 0.25) is 0 Å². The third-order valence-corrected chi connectivity index (χ3v) is 8.60. The summed E-state index contributed by atoms with van der Waals surface area (Å²) in [6, 6.07) is 0. The smallest absolute Gasteiger partial charge is 0.333 e. The largest absolute Gasteiger partial charge is 0.426 e. The van der Waals surface area contributed by atoms with Gasteiger partial charge in [0.2, 0.25) is 5.79 Å². The maximum Gasteiger partial charge on any atom is 0.333 e. The first kappa shape index (κ1) is 22.7. The maximum absolute atomic E-state index is 13.9. The lowest BCUT2D eigenvalue weighted by molar-refractivity contribution is -0.188. The summed E-state index contributed by atoms with van der Waals surface area (Å²) in [4.78, 5) is 25.5. The van der Waals surface area contributed by atoms with E-state index in [4.69, 9.17) is 9.47 Å². The van der Waals surface area contributed by atoms with Crippen LogP contribution in [-0.2, 0) is 19.1 Å². The van der Waals surface area contributed by atoms with E-state index in [9.17, 15) is 19.8 Å². The van der Waals surface area contributed by atoms with Crippen LogP contribution in [0.25, 0.3) is 0 Å². The Kier molecular flexibility index (Phi) is 5.31. The van der Waals surface area contributed by atoms with Gasteiger partial charge in [-0.25, -0.2) is 4.79 Å². The van der Waals surface area contributed by atoms with E-state index in [-0.39, 0.29) is 36.4 Å². The van der Waals surface area contributed by atoms with Gasteiger partial charge in [-0.2, -0.15) is 0 Å². The highest BCUT2D eigenvalue weighted by molar-refractivity contribution is 5.88. The van der Waals surface area contributed by atoms with Crippen LogP contribution < -0.4 is 0 Å². The third kappa shape index (κ3) is 3.25. The molecule has 0 bridgehead atoms. The van der Waals surface area contributed by atoms with Crippen molar-refractivity contribution in [2.75, 3.05) is 0 Å². The molecule has 0 amide bonds. The normalized spacial score (nSPS) is 48.8. The number of cyclic esters (lactones) is 1. The lowest BCUT2D eigenvalue weighted by Gasteiger charge is -2.49. The summed E-state index contributed by atoms with van der Waals surface area (Å²) in [7, 11) is 0. The summed E-state index contributed by atoms with van der Waals surface area (Å²) in [5.74, 6) is -2.56. The average Bonchev–Trinajstić information content (AvgIpc) is 3.24. The molecular formula is C25H36O6. The van der Waals surface area contributed by atoms with Crippen molar-refractivity contribution in [2.24, 2.45) is 29.6 Å². The Morgan fingerprint density at radius 1 is 1.19 bits per heavy atom. The van der Waals surface area contributed by atoms with Crippen LogP contribution in [-0.4, -0.2) is 45.1 Å². The number of ether oxygens (including phenoxy) is 2. The summed E-state index contributed by atoms with van der Waals surface area (Å²) in [5, 5.41) is 23.0. The lowest BCUT2D eigenvalue weighted by Crippen LogP contribution is -2.62. The van der Waals surface area contributed by atoms with Crippen molar-refractivity contribution >= 4 is 11.8 Å². The standard InChI is InChI=1S/C25H36O6/c1-13(2)11-18-25(29)16(5)17-8-7-14(3)20(17)21(27)22(25)23(6,30-18)9-10-24(28)15(4)12-19(26)31-24/h11-12,14,16-18,20,22,28-29H,7-10H2,1-6H3/t14-,16-,17-,18+,20-,22-,23-,24+,25-/m0/s1. The van der Waals surface area contributed by atoms with Gasteiger partial charge in [0.15, 0.2) is 0 Å². The number of rotatable bonds is 4. The number of Topliss-reactive ketones (excluding diaryl/α,β-unsaturated/α-hetero) is 1. The zero-order valence-electron chi connectivity index (χ0n) is 19.5. The second kappa shape index (κ2) is 7.26. The molecule has 0 aromatic rings. The van der Waals surface area contributed by atoms with Gasteiger partial charge in [0.05, 0.1) is 11.5 Å². The average molecular weight is 433 g/mol. The molecule has 0 unspecified atom stereocenters. The van der Waals surface area contributed by atoms with E-state index in [0.717, 1.165) is 18.4 Å². The molecule has 2 heterocycles. The fourth-order valence-electron chi connectivity index (χ4n) is 6.89. The van der Waals surface area contributed by atoms with E-state index < -0.39 is 35.0 Å². The van der Waals surface area contributed by atoms with Crippen LogP contribution >= 0.6 is 0 Å². The van der Waals surface area contributed by atoms with Crippen molar-refractivity contribution in [3.8, 4) is 0 Å². The minimum atomic E-state index is -1.69. The molecule has 6 heteroatoms. The Morgan fingerprint density at radius 3 is 2.45 bits per heavy atom. The first-order valence-corrected chi connectivity index (χ1v) is 11.6. The van der Waals surface area contributed by atoms with Crippen molar-refractivity contribution in [3.05, 3.63) is 23.3 Å². The Morgan fingerprint density at radius 2 is 1.87 bits per heavy atom. The second-order valence-electron chi connectivity index (χ2n) is 10.9. The molecule has 0 radical (unpaired) electrons. The van der Waals surface area contributed by atoms with Gasteiger partial charge >= 0.3 is 5.97 Å². The molecule has 9 atom stereocenters. The Labute approximate surface area is 184 Å². The van der Waals surface area contributed by atoms with Crippen molar-refractivity contribution in [1.29, 1.82) is 0 Å². The minimum absolute atomic E-state index is 0.0670. The van der Waals surface area contributed by atoms with E-state index in [1.54, 1.807) is 6.92 Å². The maximum atomic E-state index is 13.9. The molecule has 6 nitrogen and oxygen atoms in total. The van der Waals surface area contributed by atoms with Crippen molar-refractivity contribution in [2.45, 2.75) is 90.3 Å². The van der Waals surface area contributed by atoms with E-state index in [1.165, 1.54) is 6.08 Å². The van der Waals surface area contributed by atoms with Crippen LogP contribution in [0.4, 0.5) is 0 Å². The van der Waals surface area contributed by atoms with E-state index in [0.29, 0.717) is 11.5 Å². The molecule has 0 aromatic heterocycles. The first-order valence-electron chi connectivity index (χ1n) is 11.6. The zero-order valence-corrected chi connectivity index (χ0v) is 19.5. The highest BCUT2D eigenvalue weighted by Gasteiger charge is 2.71. The molecule has 0 spiro atoms. The van der Waals surface area contributed by atoms with Gasteiger partial charge in [0.25, 0.3) is 0 Å². The predicted molar refractivity (Wildman–Crippen MR) is 115 cm³/mol.